The summed E-state index contributed by atoms with van der Waals surface area (Å²) in [6.45, 7) is 5.82. The van der Waals surface area contributed by atoms with E-state index in [0.29, 0.717) is 11.5 Å². The summed E-state index contributed by atoms with van der Waals surface area (Å²) in [5, 5.41) is 9.42. The van der Waals surface area contributed by atoms with Gasteiger partial charge in [0.05, 0.1) is 16.9 Å². The van der Waals surface area contributed by atoms with E-state index in [2.05, 4.69) is 38.7 Å². The van der Waals surface area contributed by atoms with Crippen LogP contribution in [0.4, 0.5) is 5.69 Å². The molecule has 0 aliphatic carbocycles. The third-order valence-electron chi connectivity index (χ3n) is 4.40. The molecule has 0 spiro atoms. The molecule has 1 atom stereocenters. The smallest absolute Gasteiger partial charge is 0.108 e. The minimum Gasteiger partial charge on any atom is -0.373 e. The molecule has 3 heterocycles. The SMILES string of the molecule is Cc1cc(N(C)C[C@H]2CCc3nccn3C2)c(C#N)c(C)n1. The molecular formula is C17H21N5. The van der Waals surface area contributed by atoms with Crippen LogP contribution in [0.3, 0.4) is 0 Å². The highest BCUT2D eigenvalue weighted by Crippen LogP contribution is 2.26. The minimum atomic E-state index is 0.576. The standard InChI is InChI=1S/C17H21N5/c1-12-8-16(15(9-18)13(2)20-12)21(3)10-14-4-5-17-19-6-7-22(17)11-14/h6-8,14H,4-5,10-11H2,1-3H3/t14-/m1/s1. The van der Waals surface area contributed by atoms with Crippen LogP contribution in [0.1, 0.15) is 29.2 Å². The zero-order valence-electron chi connectivity index (χ0n) is 13.4. The molecule has 5 heteroatoms. The molecule has 1 aliphatic heterocycles. The summed E-state index contributed by atoms with van der Waals surface area (Å²) in [5.41, 5.74) is 3.44. The maximum Gasteiger partial charge on any atom is 0.108 e. The van der Waals surface area contributed by atoms with Crippen LogP contribution in [0.2, 0.25) is 0 Å². The molecule has 0 fully saturated rings. The van der Waals surface area contributed by atoms with Crippen molar-refractivity contribution in [3.63, 3.8) is 0 Å². The predicted octanol–water partition coefficient (Wildman–Crippen LogP) is 2.47. The second kappa shape index (κ2) is 5.80. The summed E-state index contributed by atoms with van der Waals surface area (Å²) in [7, 11) is 2.07. The van der Waals surface area contributed by atoms with Crippen LogP contribution in [0.25, 0.3) is 0 Å². The van der Waals surface area contributed by atoms with Crippen LogP contribution in [0, 0.1) is 31.1 Å². The van der Waals surface area contributed by atoms with Gasteiger partial charge in [-0.2, -0.15) is 5.26 Å². The van der Waals surface area contributed by atoms with Crippen molar-refractivity contribution in [1.82, 2.24) is 14.5 Å². The Morgan fingerprint density at radius 2 is 2.27 bits per heavy atom. The number of aromatic nitrogens is 3. The van der Waals surface area contributed by atoms with Gasteiger partial charge in [0.15, 0.2) is 0 Å². The molecule has 0 unspecified atom stereocenters. The first-order valence-electron chi connectivity index (χ1n) is 7.68. The number of hydrogen-bond donors (Lipinski definition) is 0. The molecule has 2 aromatic rings. The van der Waals surface area contributed by atoms with E-state index in [4.69, 9.17) is 0 Å². The minimum absolute atomic E-state index is 0.576. The number of nitrogens with zero attached hydrogens (tertiary/aromatic N) is 5. The number of anilines is 1. The summed E-state index contributed by atoms with van der Waals surface area (Å²) in [6.07, 6.45) is 6.12. The molecule has 1 aliphatic rings. The summed E-state index contributed by atoms with van der Waals surface area (Å²) >= 11 is 0. The van der Waals surface area contributed by atoms with Gasteiger partial charge in [-0.15, -0.1) is 0 Å². The maximum atomic E-state index is 9.42. The number of imidazole rings is 1. The molecule has 5 nitrogen and oxygen atoms in total. The van der Waals surface area contributed by atoms with Crippen LogP contribution in [-0.4, -0.2) is 28.1 Å². The van der Waals surface area contributed by atoms with Gasteiger partial charge in [-0.1, -0.05) is 0 Å². The molecule has 2 aromatic heterocycles. The highest BCUT2D eigenvalue weighted by atomic mass is 15.1. The van der Waals surface area contributed by atoms with E-state index < -0.39 is 0 Å². The van der Waals surface area contributed by atoms with Crippen molar-refractivity contribution in [2.75, 3.05) is 18.5 Å². The Labute approximate surface area is 131 Å². The number of rotatable bonds is 3. The lowest BCUT2D eigenvalue weighted by molar-refractivity contribution is 0.369. The molecule has 0 amide bonds. The molecule has 0 bridgehead atoms. The fourth-order valence-electron chi connectivity index (χ4n) is 3.32. The lowest BCUT2D eigenvalue weighted by Crippen LogP contribution is -2.32. The summed E-state index contributed by atoms with van der Waals surface area (Å²) in [5.74, 6) is 1.76. The van der Waals surface area contributed by atoms with E-state index in [1.54, 1.807) is 0 Å². The fraction of sp³-hybridized carbons (Fsp3) is 0.471. The van der Waals surface area contributed by atoms with E-state index in [1.807, 2.05) is 26.1 Å². The molecule has 22 heavy (non-hydrogen) atoms. The van der Waals surface area contributed by atoms with Crippen LogP contribution in [0.5, 0.6) is 0 Å². The van der Waals surface area contributed by atoms with Crippen molar-refractivity contribution >= 4 is 5.69 Å². The molecule has 0 saturated carbocycles. The van der Waals surface area contributed by atoms with Crippen LogP contribution < -0.4 is 4.90 Å². The normalized spacial score (nSPS) is 16.9. The van der Waals surface area contributed by atoms with Crippen LogP contribution in [0.15, 0.2) is 18.5 Å². The third-order valence-corrected chi connectivity index (χ3v) is 4.40. The van der Waals surface area contributed by atoms with Crippen LogP contribution >= 0.6 is 0 Å². The first kappa shape index (κ1) is 14.6. The third kappa shape index (κ3) is 2.69. The van der Waals surface area contributed by atoms with Crippen molar-refractivity contribution in [1.29, 1.82) is 5.26 Å². The lowest BCUT2D eigenvalue weighted by atomic mass is 9.98. The van der Waals surface area contributed by atoms with Crippen molar-refractivity contribution < 1.29 is 0 Å². The zero-order valence-corrected chi connectivity index (χ0v) is 13.4. The maximum absolute atomic E-state index is 9.42. The Morgan fingerprint density at radius 3 is 3.05 bits per heavy atom. The van der Waals surface area contributed by atoms with Gasteiger partial charge in [-0.25, -0.2) is 4.98 Å². The van der Waals surface area contributed by atoms with Gasteiger partial charge in [0, 0.05) is 44.6 Å². The topological polar surface area (TPSA) is 57.7 Å². The zero-order chi connectivity index (χ0) is 15.7. The van der Waals surface area contributed by atoms with Crippen LogP contribution in [-0.2, 0) is 13.0 Å². The van der Waals surface area contributed by atoms with Gasteiger partial charge in [0.2, 0.25) is 0 Å². The van der Waals surface area contributed by atoms with E-state index in [1.165, 1.54) is 5.82 Å². The Hall–Kier alpha value is -2.35. The van der Waals surface area contributed by atoms with E-state index in [-0.39, 0.29) is 0 Å². The van der Waals surface area contributed by atoms with E-state index in [9.17, 15) is 5.26 Å². The first-order chi connectivity index (χ1) is 10.6. The van der Waals surface area contributed by atoms with Crippen molar-refractivity contribution in [2.24, 2.45) is 5.92 Å². The highest BCUT2D eigenvalue weighted by Gasteiger charge is 2.21. The predicted molar refractivity (Wildman–Crippen MR) is 85.7 cm³/mol. The van der Waals surface area contributed by atoms with Crippen molar-refractivity contribution in [3.05, 3.63) is 41.2 Å². The Bertz CT molecular complexity index is 725. The quantitative estimate of drug-likeness (QED) is 0.873. The lowest BCUT2D eigenvalue weighted by Gasteiger charge is -2.30. The molecule has 0 aromatic carbocycles. The number of hydrogen-bond acceptors (Lipinski definition) is 4. The average Bonchev–Trinajstić information content (AvgIpc) is 2.94. The Morgan fingerprint density at radius 1 is 1.45 bits per heavy atom. The first-order valence-corrected chi connectivity index (χ1v) is 7.68. The fourth-order valence-corrected chi connectivity index (χ4v) is 3.32. The monoisotopic (exact) mass is 295 g/mol. The number of aryl methyl sites for hydroxylation is 3. The van der Waals surface area contributed by atoms with Crippen molar-refractivity contribution in [2.45, 2.75) is 33.2 Å². The van der Waals surface area contributed by atoms with Gasteiger partial charge in [-0.3, -0.25) is 4.98 Å². The Kier molecular flexibility index (Phi) is 3.84. The molecule has 3 rings (SSSR count). The molecular weight excluding hydrogens is 274 g/mol. The Balaban J connectivity index is 1.78. The average molecular weight is 295 g/mol. The molecule has 0 saturated heterocycles. The van der Waals surface area contributed by atoms with E-state index in [0.717, 1.165) is 43.0 Å². The van der Waals surface area contributed by atoms with Gasteiger partial charge >= 0.3 is 0 Å². The number of nitriles is 1. The summed E-state index contributed by atoms with van der Waals surface area (Å²) in [4.78, 5) is 11.0. The molecule has 114 valence electrons. The molecule has 0 radical (unpaired) electrons. The van der Waals surface area contributed by atoms with E-state index >= 15 is 0 Å². The highest BCUT2D eigenvalue weighted by molar-refractivity contribution is 5.61. The number of fused-ring (bicyclic) bond motifs is 1. The second-order valence-electron chi connectivity index (χ2n) is 6.14. The summed E-state index contributed by atoms with van der Waals surface area (Å²) < 4.78 is 2.25. The second-order valence-corrected chi connectivity index (χ2v) is 6.14. The number of pyridine rings is 1. The van der Waals surface area contributed by atoms with Gasteiger partial charge in [0.25, 0.3) is 0 Å². The van der Waals surface area contributed by atoms with Gasteiger partial charge in [0.1, 0.15) is 11.9 Å². The molecule has 0 N–H and O–H groups in total. The van der Waals surface area contributed by atoms with Gasteiger partial charge < -0.3 is 9.47 Å². The van der Waals surface area contributed by atoms with Gasteiger partial charge in [-0.05, 0) is 32.3 Å². The van der Waals surface area contributed by atoms with Crippen molar-refractivity contribution in [3.8, 4) is 6.07 Å². The summed E-state index contributed by atoms with van der Waals surface area (Å²) in [6, 6.07) is 4.31. The largest absolute Gasteiger partial charge is 0.373 e.